The van der Waals surface area contributed by atoms with Gasteiger partial charge < -0.3 is 25.3 Å². The molecule has 1 amide bonds. The summed E-state index contributed by atoms with van der Waals surface area (Å²) >= 11 is 0. The van der Waals surface area contributed by atoms with Crippen molar-refractivity contribution < 1.29 is 19.0 Å². The second-order valence-electron chi connectivity index (χ2n) is 9.18. The molecule has 1 unspecified atom stereocenters. The van der Waals surface area contributed by atoms with Crippen LogP contribution < -0.4 is 16.7 Å². The van der Waals surface area contributed by atoms with Crippen molar-refractivity contribution in [1.29, 1.82) is 0 Å². The van der Waals surface area contributed by atoms with E-state index in [4.69, 9.17) is 19.9 Å². The number of nitrogens with zero attached hydrogens (tertiary/aromatic N) is 2. The minimum absolute atomic E-state index is 0.0245. The summed E-state index contributed by atoms with van der Waals surface area (Å²) in [6.07, 6.45) is 0.804. The van der Waals surface area contributed by atoms with Crippen molar-refractivity contribution in [1.82, 2.24) is 14.9 Å². The highest BCUT2D eigenvalue weighted by Gasteiger charge is 2.45. The van der Waals surface area contributed by atoms with Crippen LogP contribution in [0.15, 0.2) is 41.3 Å². The van der Waals surface area contributed by atoms with Gasteiger partial charge in [-0.25, -0.2) is 4.79 Å². The Bertz CT molecular complexity index is 1010. The lowest BCUT2D eigenvalue weighted by Gasteiger charge is -2.24. The average Bonchev–Trinajstić information content (AvgIpc) is 3.07. The number of benzene rings is 1. The van der Waals surface area contributed by atoms with Gasteiger partial charge in [-0.1, -0.05) is 37.3 Å². The Labute approximate surface area is 200 Å². The van der Waals surface area contributed by atoms with Gasteiger partial charge in [0.15, 0.2) is 0 Å². The van der Waals surface area contributed by atoms with Crippen molar-refractivity contribution in [3.8, 4) is 0 Å². The molecule has 34 heavy (non-hydrogen) atoms. The Morgan fingerprint density at radius 1 is 1.21 bits per heavy atom. The fourth-order valence-corrected chi connectivity index (χ4v) is 4.05. The highest BCUT2D eigenvalue weighted by molar-refractivity contribution is 5.97. The van der Waals surface area contributed by atoms with Gasteiger partial charge in [0, 0.05) is 18.7 Å². The lowest BCUT2D eigenvalue weighted by atomic mass is 10.0. The molecule has 0 bridgehead atoms. The molecule has 0 aliphatic carbocycles. The quantitative estimate of drug-likeness (QED) is 0.546. The molecule has 1 saturated heterocycles. The summed E-state index contributed by atoms with van der Waals surface area (Å²) in [5.41, 5.74) is 6.60. The molecule has 3 rings (SSSR count). The summed E-state index contributed by atoms with van der Waals surface area (Å²) in [6.45, 7) is 10.5. The molecule has 1 aromatic heterocycles. The van der Waals surface area contributed by atoms with Crippen molar-refractivity contribution in [3.63, 3.8) is 0 Å². The Morgan fingerprint density at radius 3 is 2.56 bits per heavy atom. The first kappa shape index (κ1) is 25.9. The minimum atomic E-state index is -0.666. The van der Waals surface area contributed by atoms with Crippen molar-refractivity contribution in [2.24, 2.45) is 5.92 Å². The normalized spacial score (nSPS) is 22.4. The van der Waals surface area contributed by atoms with E-state index >= 15 is 0 Å². The Hall–Kier alpha value is -2.75. The van der Waals surface area contributed by atoms with E-state index in [-0.39, 0.29) is 41.7 Å². The molecule has 3 N–H and O–H groups in total. The molecule has 1 aliphatic heterocycles. The smallest absolute Gasteiger partial charge is 0.351 e. The SMILES string of the molecule is CC(C)OC[C@H]1O[C@@H](n2cc(C(=O)NCCc3ccccc3)c(N)nc2=O)C(C)[C@H]1OC(C)C. The minimum Gasteiger partial charge on any atom is -0.383 e. The molecule has 1 fully saturated rings. The van der Waals surface area contributed by atoms with Crippen LogP contribution in [0, 0.1) is 5.92 Å². The first-order valence-corrected chi connectivity index (χ1v) is 11.8. The van der Waals surface area contributed by atoms with E-state index in [1.807, 2.05) is 65.0 Å². The third kappa shape index (κ3) is 6.43. The maximum Gasteiger partial charge on any atom is 0.351 e. The van der Waals surface area contributed by atoms with Crippen LogP contribution >= 0.6 is 0 Å². The van der Waals surface area contributed by atoms with Crippen LogP contribution in [0.5, 0.6) is 0 Å². The number of aromatic nitrogens is 2. The monoisotopic (exact) mass is 472 g/mol. The van der Waals surface area contributed by atoms with Crippen molar-refractivity contribution >= 4 is 11.7 Å². The highest BCUT2D eigenvalue weighted by Crippen LogP contribution is 2.36. The first-order chi connectivity index (χ1) is 16.2. The molecular weight excluding hydrogens is 436 g/mol. The predicted molar refractivity (Wildman–Crippen MR) is 130 cm³/mol. The van der Waals surface area contributed by atoms with Crippen LogP contribution in [0.4, 0.5) is 5.82 Å². The van der Waals surface area contributed by atoms with Gasteiger partial charge in [0.25, 0.3) is 5.91 Å². The average molecular weight is 473 g/mol. The van der Waals surface area contributed by atoms with E-state index in [1.54, 1.807) is 0 Å². The molecular formula is C25H36N4O5. The molecule has 2 heterocycles. The Morgan fingerprint density at radius 2 is 1.91 bits per heavy atom. The molecule has 1 aliphatic rings. The number of anilines is 1. The number of carbonyl (C=O) groups is 1. The van der Waals surface area contributed by atoms with Crippen molar-refractivity contribution in [2.45, 2.75) is 71.7 Å². The summed E-state index contributed by atoms with van der Waals surface area (Å²) in [7, 11) is 0. The number of ether oxygens (including phenoxy) is 3. The zero-order valence-electron chi connectivity index (χ0n) is 20.6. The van der Waals surface area contributed by atoms with Crippen LogP contribution in [0.2, 0.25) is 0 Å². The summed E-state index contributed by atoms with van der Waals surface area (Å²) in [4.78, 5) is 29.5. The number of amides is 1. The number of rotatable bonds is 10. The van der Waals surface area contributed by atoms with Gasteiger partial charge in [-0.2, -0.15) is 4.98 Å². The summed E-state index contributed by atoms with van der Waals surface area (Å²) in [5, 5.41) is 2.85. The zero-order valence-corrected chi connectivity index (χ0v) is 20.6. The van der Waals surface area contributed by atoms with Gasteiger partial charge in [0.2, 0.25) is 0 Å². The second-order valence-corrected chi connectivity index (χ2v) is 9.18. The number of nitrogens with one attached hydrogen (secondary N) is 1. The Kier molecular flexibility index (Phi) is 8.82. The lowest BCUT2D eigenvalue weighted by molar-refractivity contribution is -0.0966. The summed E-state index contributed by atoms with van der Waals surface area (Å²) in [5.74, 6) is -0.686. The topological polar surface area (TPSA) is 118 Å². The number of nitrogens with two attached hydrogens (primary N) is 1. The van der Waals surface area contributed by atoms with Gasteiger partial charge >= 0.3 is 5.69 Å². The van der Waals surface area contributed by atoms with E-state index in [0.717, 1.165) is 5.56 Å². The highest BCUT2D eigenvalue weighted by atomic mass is 16.6. The molecule has 0 radical (unpaired) electrons. The number of hydrogen-bond acceptors (Lipinski definition) is 7. The number of hydrogen-bond donors (Lipinski definition) is 2. The Balaban J connectivity index is 1.78. The fourth-order valence-electron chi connectivity index (χ4n) is 4.05. The number of carbonyl (C=O) groups excluding carboxylic acids is 1. The molecule has 0 spiro atoms. The maximum absolute atomic E-state index is 12.8. The lowest BCUT2D eigenvalue weighted by Crippen LogP contribution is -2.36. The molecule has 4 atom stereocenters. The zero-order chi connectivity index (χ0) is 24.8. The molecule has 186 valence electrons. The molecule has 9 heteroatoms. The van der Waals surface area contributed by atoms with Crippen molar-refractivity contribution in [3.05, 3.63) is 58.1 Å². The maximum atomic E-state index is 12.8. The molecule has 1 aromatic carbocycles. The van der Waals surface area contributed by atoms with E-state index in [1.165, 1.54) is 10.8 Å². The van der Waals surface area contributed by atoms with E-state index in [9.17, 15) is 9.59 Å². The van der Waals surface area contributed by atoms with Gasteiger partial charge in [-0.3, -0.25) is 9.36 Å². The van der Waals surface area contributed by atoms with Gasteiger partial charge in [0.05, 0.1) is 30.5 Å². The second kappa shape index (κ2) is 11.6. The van der Waals surface area contributed by atoms with Gasteiger partial charge in [-0.15, -0.1) is 0 Å². The van der Waals surface area contributed by atoms with Gasteiger partial charge in [0.1, 0.15) is 18.1 Å². The van der Waals surface area contributed by atoms with E-state index in [2.05, 4.69) is 10.3 Å². The molecule has 2 aromatic rings. The number of nitrogen functional groups attached to an aromatic ring is 1. The molecule has 9 nitrogen and oxygen atoms in total. The summed E-state index contributed by atoms with van der Waals surface area (Å²) < 4.78 is 19.4. The van der Waals surface area contributed by atoms with Crippen molar-refractivity contribution in [2.75, 3.05) is 18.9 Å². The van der Waals surface area contributed by atoms with Crippen LogP contribution in [-0.4, -0.2) is 53.0 Å². The van der Waals surface area contributed by atoms with Crippen LogP contribution in [0.3, 0.4) is 0 Å². The fraction of sp³-hybridized carbons (Fsp3) is 0.560. The predicted octanol–water partition coefficient (Wildman–Crippen LogP) is 2.55. The van der Waals surface area contributed by atoms with E-state index < -0.39 is 17.8 Å². The standard InChI is InChI=1S/C25H36N4O5/c1-15(2)32-14-20-21(33-16(3)4)17(5)24(34-20)29-13-19(22(26)28-25(29)31)23(30)27-12-11-18-9-7-6-8-10-18/h6-10,13,15-17,20-21,24H,11-12,14H2,1-5H3,(H,27,30)(H2,26,28,31)/t17?,20-,21-,24-/m1/s1. The third-order valence-electron chi connectivity index (χ3n) is 5.71. The van der Waals surface area contributed by atoms with Crippen LogP contribution in [-0.2, 0) is 20.6 Å². The first-order valence-electron chi connectivity index (χ1n) is 11.8. The third-order valence-corrected chi connectivity index (χ3v) is 5.71. The van der Waals surface area contributed by atoms with Crippen LogP contribution in [0.25, 0.3) is 0 Å². The molecule has 0 saturated carbocycles. The largest absolute Gasteiger partial charge is 0.383 e. The van der Waals surface area contributed by atoms with E-state index in [0.29, 0.717) is 19.6 Å². The van der Waals surface area contributed by atoms with Crippen LogP contribution in [0.1, 0.15) is 56.8 Å². The van der Waals surface area contributed by atoms with Gasteiger partial charge in [-0.05, 0) is 39.7 Å². The summed E-state index contributed by atoms with van der Waals surface area (Å²) in [6, 6.07) is 9.84.